The first-order valence-electron chi connectivity index (χ1n) is 19.6. The molecule has 6 aliphatic carbocycles. The molecule has 4 N–H and O–H groups in total. The summed E-state index contributed by atoms with van der Waals surface area (Å²) in [4.78, 5) is 28.0. The van der Waals surface area contributed by atoms with Gasteiger partial charge in [0.05, 0.1) is 36.6 Å². The third kappa shape index (κ3) is 3.73. The number of aliphatic hydroxyl groups is 2. The maximum Gasteiger partial charge on any atom is 0.174 e. The van der Waals surface area contributed by atoms with Crippen molar-refractivity contribution < 1.29 is 44.0 Å². The molecule has 2 spiro atoms. The van der Waals surface area contributed by atoms with Crippen molar-refractivity contribution in [2.75, 3.05) is 33.2 Å². The van der Waals surface area contributed by atoms with E-state index >= 15 is 0 Å². The van der Waals surface area contributed by atoms with Crippen LogP contribution in [0, 0.1) is 11.8 Å². The molecule has 10 aliphatic rings. The van der Waals surface area contributed by atoms with Gasteiger partial charge in [0, 0.05) is 55.3 Å². The lowest BCUT2D eigenvalue weighted by atomic mass is 9.48. The van der Waals surface area contributed by atoms with Gasteiger partial charge in [-0.25, -0.2) is 0 Å². The number of hydrogen-bond acceptors (Lipinski definition) is 9. The number of carbonyl (C=O) groups excluding carboxylic acids is 2. The minimum absolute atomic E-state index is 0.0454. The van der Waals surface area contributed by atoms with E-state index in [1.165, 1.54) is 25.7 Å². The average molecular weight is 698 g/mol. The molecule has 0 radical (unpaired) electrons. The molecule has 0 amide bonds. The van der Waals surface area contributed by atoms with Crippen LogP contribution in [0.25, 0.3) is 0 Å². The Balaban J connectivity index is 0.000000122. The largest absolute Gasteiger partial charge is 0.504 e. The molecule has 270 valence electrons. The second kappa shape index (κ2) is 9.87. The Morgan fingerprint density at radius 2 is 1.33 bits per heavy atom. The third-order valence-corrected chi connectivity index (χ3v) is 15.8. The highest BCUT2D eigenvalue weighted by atomic mass is 16.5. The Morgan fingerprint density at radius 3 is 1.94 bits per heavy atom. The molecule has 4 bridgehead atoms. The van der Waals surface area contributed by atoms with Crippen LogP contribution >= 0.6 is 0 Å². The number of ketones is 2. The van der Waals surface area contributed by atoms with Crippen molar-refractivity contribution in [2.24, 2.45) is 11.8 Å². The number of phenolic OH excluding ortho intramolecular Hbond substituents is 2. The number of likely N-dealkylation sites (tertiary alicyclic amines) is 2. The van der Waals surface area contributed by atoms with E-state index in [-0.39, 0.29) is 35.1 Å². The van der Waals surface area contributed by atoms with Crippen molar-refractivity contribution in [3.8, 4) is 23.0 Å². The molecular formula is C41H49N2O8+. The van der Waals surface area contributed by atoms with E-state index in [0.29, 0.717) is 37.2 Å². The lowest BCUT2D eigenvalue weighted by molar-refractivity contribution is -0.950. The summed E-state index contributed by atoms with van der Waals surface area (Å²) in [5.74, 6) is 2.81. The van der Waals surface area contributed by atoms with Crippen molar-refractivity contribution >= 4 is 11.6 Å². The molecule has 4 aliphatic heterocycles. The van der Waals surface area contributed by atoms with E-state index in [9.17, 15) is 30.0 Å². The van der Waals surface area contributed by atoms with Gasteiger partial charge in [0.15, 0.2) is 46.8 Å². The average Bonchev–Trinajstić information content (AvgIpc) is 4.03. The zero-order chi connectivity index (χ0) is 34.9. The first-order valence-corrected chi connectivity index (χ1v) is 19.6. The van der Waals surface area contributed by atoms with Crippen LogP contribution in [0.2, 0.25) is 0 Å². The lowest BCUT2D eigenvalue weighted by Crippen LogP contribution is -2.80. The number of phenols is 2. The summed E-state index contributed by atoms with van der Waals surface area (Å²) in [5.41, 5.74) is 0.946. The van der Waals surface area contributed by atoms with Crippen LogP contribution in [-0.4, -0.2) is 110 Å². The second-order valence-electron chi connectivity index (χ2n) is 18.3. The first kappa shape index (κ1) is 31.4. The van der Waals surface area contributed by atoms with Gasteiger partial charge in [0.2, 0.25) is 0 Å². The number of piperidine rings is 2. The van der Waals surface area contributed by atoms with Crippen LogP contribution in [-0.2, 0) is 33.3 Å². The summed E-state index contributed by atoms with van der Waals surface area (Å²) in [6, 6.07) is 7.47. The van der Waals surface area contributed by atoms with Gasteiger partial charge in [-0.15, -0.1) is 0 Å². The molecule has 2 aromatic carbocycles. The molecule has 2 aromatic rings. The summed E-state index contributed by atoms with van der Waals surface area (Å²) < 4.78 is 13.0. The van der Waals surface area contributed by atoms with Crippen LogP contribution in [0.4, 0.5) is 0 Å². The van der Waals surface area contributed by atoms with Crippen LogP contribution in [0.1, 0.15) is 86.5 Å². The van der Waals surface area contributed by atoms with Crippen molar-refractivity contribution in [1.29, 1.82) is 0 Å². The SMILES string of the molecule is C[N+]1(CC2CC2)CC[C@]23c4c5ccc(O)c4O[C@H]2C(=O)CC[C@@]3(O)[C@H]1C5.O=C1CC[C@@]2(O)[C@H]3Cc4ccc(O)c5c4[C@@]2(CCN3CC2CC2)[C@H]1O5. The number of hydrogen-bond donors (Lipinski definition) is 4. The molecule has 0 aromatic heterocycles. The fourth-order valence-corrected chi connectivity index (χ4v) is 13.2. The normalized spacial score (nSPS) is 43.4. The predicted molar refractivity (Wildman–Crippen MR) is 184 cm³/mol. The van der Waals surface area contributed by atoms with Crippen molar-refractivity contribution in [1.82, 2.24) is 4.90 Å². The highest BCUT2D eigenvalue weighted by Crippen LogP contribution is 2.67. The Hall–Kier alpha value is -3.18. The number of quaternary nitrogens is 1. The number of nitrogens with zero attached hydrogens (tertiary/aromatic N) is 2. The maximum absolute atomic E-state index is 12.8. The minimum atomic E-state index is -0.940. The highest BCUT2D eigenvalue weighted by Gasteiger charge is 2.77. The van der Waals surface area contributed by atoms with Crippen molar-refractivity contribution in [2.45, 2.75) is 123 Å². The number of Topliss-reactive ketones (excluding diaryl/α,β-unsaturated/α-hetero) is 2. The van der Waals surface area contributed by atoms with Crippen molar-refractivity contribution in [3.63, 3.8) is 0 Å². The van der Waals surface area contributed by atoms with Gasteiger partial charge in [-0.1, -0.05) is 12.1 Å². The van der Waals surface area contributed by atoms with Gasteiger partial charge < -0.3 is 34.4 Å². The maximum atomic E-state index is 12.8. The van der Waals surface area contributed by atoms with Gasteiger partial charge in [-0.05, 0) is 87.1 Å². The van der Waals surface area contributed by atoms with Gasteiger partial charge in [-0.2, -0.15) is 0 Å². The van der Waals surface area contributed by atoms with E-state index in [4.69, 9.17) is 9.47 Å². The molecular weight excluding hydrogens is 648 g/mol. The Morgan fingerprint density at radius 1 is 0.765 bits per heavy atom. The van der Waals surface area contributed by atoms with E-state index < -0.39 is 34.2 Å². The number of likely N-dealkylation sites (N-methyl/N-ethyl adjacent to an activating group) is 1. The third-order valence-electron chi connectivity index (χ3n) is 15.8. The quantitative estimate of drug-likeness (QED) is 0.356. The molecule has 4 saturated carbocycles. The Labute approximate surface area is 297 Å². The fraction of sp³-hybridized carbons (Fsp3) is 0.659. The Kier molecular flexibility index (Phi) is 6.07. The summed E-state index contributed by atoms with van der Waals surface area (Å²) in [7, 11) is 2.31. The second-order valence-corrected chi connectivity index (χ2v) is 18.3. The fourth-order valence-electron chi connectivity index (χ4n) is 13.2. The van der Waals surface area contributed by atoms with Crippen LogP contribution in [0.15, 0.2) is 24.3 Å². The Bertz CT molecular complexity index is 1920. The summed E-state index contributed by atoms with van der Waals surface area (Å²) in [5, 5.41) is 44.8. The molecule has 4 heterocycles. The predicted octanol–water partition coefficient (Wildman–Crippen LogP) is 3.20. The van der Waals surface area contributed by atoms with E-state index in [1.807, 2.05) is 12.1 Å². The molecule has 10 nitrogen and oxygen atoms in total. The number of benzene rings is 2. The van der Waals surface area contributed by atoms with Gasteiger partial charge >= 0.3 is 0 Å². The first-order chi connectivity index (χ1) is 24.4. The summed E-state index contributed by atoms with van der Waals surface area (Å²) in [6.45, 7) is 4.04. The van der Waals surface area contributed by atoms with Crippen LogP contribution in [0.5, 0.6) is 23.0 Å². The topological polar surface area (TPSA) is 137 Å². The molecule has 2 saturated heterocycles. The lowest BCUT2D eigenvalue weighted by Gasteiger charge is -2.64. The van der Waals surface area contributed by atoms with Gasteiger partial charge in [0.1, 0.15) is 11.6 Å². The monoisotopic (exact) mass is 697 g/mol. The molecule has 10 heteroatoms. The van der Waals surface area contributed by atoms with Crippen molar-refractivity contribution in [3.05, 3.63) is 46.5 Å². The zero-order valence-electron chi connectivity index (χ0n) is 29.4. The molecule has 6 fully saturated rings. The number of ether oxygens (including phenoxy) is 2. The zero-order valence-corrected chi connectivity index (χ0v) is 29.4. The van der Waals surface area contributed by atoms with E-state index in [1.54, 1.807) is 12.1 Å². The molecule has 1 unspecified atom stereocenters. The molecule has 12 rings (SSSR count). The standard InChI is InChI=1S/C21H25NO4.C20H23NO4/c1-22(11-12-2-3-12)9-8-20-17-13-4-5-14(23)18(17)26-19(20)15(24)6-7-21(20,25)16(22)10-13;22-13-4-3-12-9-15-20(24)6-5-14(23)18-19(20,16(12)17(13)25-18)7-8-21(15)10-11-1-2-11/h4-5,12,16,19,25H,2-3,6-11H2,1H3;3-4,11,15,18,22,24H,1-2,5-10H2/p+1/t16-,19+,20+,21-,22?;15-,18+,19+,20-/m11/s1. The van der Waals surface area contributed by atoms with Gasteiger partial charge in [0.25, 0.3) is 0 Å². The van der Waals surface area contributed by atoms with Crippen LogP contribution in [0.3, 0.4) is 0 Å². The number of carbonyl (C=O) groups is 2. The molecule has 51 heavy (non-hydrogen) atoms. The minimum Gasteiger partial charge on any atom is -0.504 e. The summed E-state index contributed by atoms with van der Waals surface area (Å²) in [6.07, 6.45) is 8.74. The highest BCUT2D eigenvalue weighted by molar-refractivity contribution is 5.91. The van der Waals surface area contributed by atoms with Crippen LogP contribution < -0.4 is 9.47 Å². The number of rotatable bonds is 4. The molecule has 9 atom stereocenters. The van der Waals surface area contributed by atoms with Gasteiger partial charge in [-0.3, -0.25) is 14.5 Å². The van der Waals surface area contributed by atoms with E-state index in [0.717, 1.165) is 90.4 Å². The summed E-state index contributed by atoms with van der Waals surface area (Å²) >= 11 is 0. The number of aromatic hydroxyl groups is 2. The smallest absolute Gasteiger partial charge is 0.174 e. The van der Waals surface area contributed by atoms with E-state index in [2.05, 4.69) is 11.9 Å².